The van der Waals surface area contributed by atoms with Crippen molar-refractivity contribution in [2.75, 3.05) is 13.1 Å². The van der Waals surface area contributed by atoms with Crippen molar-refractivity contribution in [1.29, 1.82) is 0 Å². The van der Waals surface area contributed by atoms with E-state index < -0.39 is 0 Å². The summed E-state index contributed by atoms with van der Waals surface area (Å²) < 4.78 is 0. The number of hydrogen-bond acceptors (Lipinski definition) is 3. The molecule has 0 aromatic heterocycles. The van der Waals surface area contributed by atoms with Gasteiger partial charge in [0.1, 0.15) is 0 Å². The van der Waals surface area contributed by atoms with Crippen molar-refractivity contribution in [3.63, 3.8) is 0 Å². The molecule has 2 fully saturated rings. The molecule has 12 heavy (non-hydrogen) atoms. The van der Waals surface area contributed by atoms with Gasteiger partial charge >= 0.3 is 0 Å². The maximum atomic E-state index is 9.65. The Bertz CT molecular complexity index is 163. The fourth-order valence-corrected chi connectivity index (χ4v) is 2.46. The van der Waals surface area contributed by atoms with E-state index in [-0.39, 0.29) is 6.10 Å². The second-order valence-electron chi connectivity index (χ2n) is 4.11. The lowest BCUT2D eigenvalue weighted by Crippen LogP contribution is -2.40. The van der Waals surface area contributed by atoms with Crippen LogP contribution < -0.4 is 5.73 Å². The van der Waals surface area contributed by atoms with E-state index in [1.807, 2.05) is 0 Å². The van der Waals surface area contributed by atoms with E-state index >= 15 is 0 Å². The van der Waals surface area contributed by atoms with Crippen molar-refractivity contribution < 1.29 is 5.11 Å². The second kappa shape index (κ2) is 3.32. The van der Waals surface area contributed by atoms with E-state index in [9.17, 15) is 5.11 Å². The number of rotatable bonds is 1. The highest BCUT2D eigenvalue weighted by atomic mass is 16.3. The third kappa shape index (κ3) is 1.49. The van der Waals surface area contributed by atoms with Crippen molar-refractivity contribution in [3.8, 4) is 0 Å². The lowest BCUT2D eigenvalue weighted by molar-refractivity contribution is 0.0846. The molecule has 1 saturated carbocycles. The number of nitrogens with zero attached hydrogens (tertiary/aromatic N) is 1. The van der Waals surface area contributed by atoms with Gasteiger partial charge < -0.3 is 10.8 Å². The minimum absolute atomic E-state index is 0.0877. The van der Waals surface area contributed by atoms with E-state index in [1.54, 1.807) is 0 Å². The quantitative estimate of drug-likeness (QED) is 0.579. The third-order valence-electron chi connectivity index (χ3n) is 3.17. The lowest BCUT2D eigenvalue weighted by Gasteiger charge is -2.26. The Morgan fingerprint density at radius 3 is 2.58 bits per heavy atom. The molecule has 2 rings (SSSR count). The molecule has 1 aliphatic carbocycles. The molecule has 3 N–H and O–H groups in total. The topological polar surface area (TPSA) is 49.5 Å². The summed E-state index contributed by atoms with van der Waals surface area (Å²) in [5.41, 5.74) is 5.81. The van der Waals surface area contributed by atoms with Gasteiger partial charge in [-0.3, -0.25) is 4.90 Å². The Labute approximate surface area is 73.5 Å². The van der Waals surface area contributed by atoms with Crippen LogP contribution in [-0.4, -0.2) is 41.3 Å². The Kier molecular flexibility index (Phi) is 2.35. The lowest BCUT2D eigenvalue weighted by atomic mass is 10.2. The first-order valence-corrected chi connectivity index (χ1v) is 4.95. The fourth-order valence-electron chi connectivity index (χ4n) is 2.46. The Hall–Kier alpha value is -0.120. The molecule has 3 atom stereocenters. The first-order valence-electron chi connectivity index (χ1n) is 4.95. The molecule has 2 aliphatic rings. The van der Waals surface area contributed by atoms with Crippen LogP contribution in [0, 0.1) is 0 Å². The summed E-state index contributed by atoms with van der Waals surface area (Å²) in [4.78, 5) is 2.36. The smallest absolute Gasteiger partial charge is 0.0695 e. The zero-order valence-corrected chi connectivity index (χ0v) is 7.45. The van der Waals surface area contributed by atoms with Crippen LogP contribution in [0.25, 0.3) is 0 Å². The maximum absolute atomic E-state index is 9.65. The summed E-state index contributed by atoms with van der Waals surface area (Å²) >= 11 is 0. The first kappa shape index (κ1) is 8.48. The predicted octanol–water partition coefficient (Wildman–Crippen LogP) is -0.0672. The molecule has 0 radical (unpaired) electrons. The molecule has 1 heterocycles. The SMILES string of the molecule is N[C@@H]1CCN(C2CCCC2O)C1. The number of nitrogens with two attached hydrogens (primary N) is 1. The van der Waals surface area contributed by atoms with E-state index in [0.29, 0.717) is 12.1 Å². The monoisotopic (exact) mass is 170 g/mol. The number of aliphatic hydroxyl groups is 1. The van der Waals surface area contributed by atoms with Crippen LogP contribution in [0.15, 0.2) is 0 Å². The number of likely N-dealkylation sites (tertiary alicyclic amines) is 1. The summed E-state index contributed by atoms with van der Waals surface area (Å²) in [7, 11) is 0. The van der Waals surface area contributed by atoms with Crippen LogP contribution in [0.2, 0.25) is 0 Å². The minimum Gasteiger partial charge on any atom is -0.391 e. The van der Waals surface area contributed by atoms with Crippen LogP contribution >= 0.6 is 0 Å². The van der Waals surface area contributed by atoms with Crippen molar-refractivity contribution in [1.82, 2.24) is 4.90 Å². The molecule has 1 saturated heterocycles. The van der Waals surface area contributed by atoms with Gasteiger partial charge in [0.05, 0.1) is 6.10 Å². The first-order chi connectivity index (χ1) is 5.77. The van der Waals surface area contributed by atoms with Crippen molar-refractivity contribution in [3.05, 3.63) is 0 Å². The molecule has 1 aliphatic heterocycles. The molecule has 0 aromatic carbocycles. The minimum atomic E-state index is -0.0877. The molecule has 3 heteroatoms. The van der Waals surface area contributed by atoms with Crippen LogP contribution in [0.3, 0.4) is 0 Å². The van der Waals surface area contributed by atoms with Crippen LogP contribution in [0.5, 0.6) is 0 Å². The van der Waals surface area contributed by atoms with Gasteiger partial charge in [0.25, 0.3) is 0 Å². The molecule has 3 nitrogen and oxygen atoms in total. The van der Waals surface area contributed by atoms with Crippen LogP contribution in [0.4, 0.5) is 0 Å². The van der Waals surface area contributed by atoms with E-state index in [0.717, 1.165) is 32.4 Å². The second-order valence-corrected chi connectivity index (χ2v) is 4.11. The van der Waals surface area contributed by atoms with Crippen molar-refractivity contribution in [2.45, 2.75) is 43.9 Å². The summed E-state index contributed by atoms with van der Waals surface area (Å²) in [5.74, 6) is 0. The molecule has 2 unspecified atom stereocenters. The standard InChI is InChI=1S/C9H18N2O/c10-7-4-5-11(6-7)8-2-1-3-9(8)12/h7-9,12H,1-6,10H2/t7-,8?,9?/m1/s1. The van der Waals surface area contributed by atoms with E-state index in [1.165, 1.54) is 6.42 Å². The zero-order chi connectivity index (χ0) is 8.55. The normalized spacial score (nSPS) is 44.0. The molecular formula is C9H18N2O. The van der Waals surface area contributed by atoms with E-state index in [4.69, 9.17) is 5.73 Å². The van der Waals surface area contributed by atoms with Crippen LogP contribution in [-0.2, 0) is 0 Å². The molecule has 70 valence electrons. The van der Waals surface area contributed by atoms with Gasteiger partial charge in [-0.1, -0.05) is 0 Å². The predicted molar refractivity (Wildman–Crippen MR) is 47.8 cm³/mol. The van der Waals surface area contributed by atoms with Gasteiger partial charge in [-0.2, -0.15) is 0 Å². The van der Waals surface area contributed by atoms with E-state index in [2.05, 4.69) is 4.90 Å². The molecule has 0 amide bonds. The molecule has 0 spiro atoms. The highest BCUT2D eigenvalue weighted by Gasteiger charge is 2.33. The van der Waals surface area contributed by atoms with Crippen molar-refractivity contribution >= 4 is 0 Å². The molecular weight excluding hydrogens is 152 g/mol. The largest absolute Gasteiger partial charge is 0.391 e. The Balaban J connectivity index is 1.91. The van der Waals surface area contributed by atoms with Gasteiger partial charge in [0.2, 0.25) is 0 Å². The average Bonchev–Trinajstić information content (AvgIpc) is 2.58. The number of aliphatic hydroxyl groups excluding tert-OH is 1. The highest BCUT2D eigenvalue weighted by Crippen LogP contribution is 2.26. The summed E-state index contributed by atoms with van der Waals surface area (Å²) in [6.07, 6.45) is 4.33. The van der Waals surface area contributed by atoms with Gasteiger partial charge in [-0.15, -0.1) is 0 Å². The van der Waals surface area contributed by atoms with Gasteiger partial charge in [0.15, 0.2) is 0 Å². The molecule has 0 aromatic rings. The van der Waals surface area contributed by atoms with Crippen LogP contribution in [0.1, 0.15) is 25.7 Å². The average molecular weight is 170 g/mol. The summed E-state index contributed by atoms with van der Waals surface area (Å²) in [6.45, 7) is 2.07. The molecule has 0 bridgehead atoms. The fraction of sp³-hybridized carbons (Fsp3) is 1.00. The summed E-state index contributed by atoms with van der Waals surface area (Å²) in [5, 5.41) is 9.65. The van der Waals surface area contributed by atoms with Gasteiger partial charge in [0, 0.05) is 25.2 Å². The Morgan fingerprint density at radius 1 is 1.25 bits per heavy atom. The highest BCUT2D eigenvalue weighted by molar-refractivity contribution is 4.90. The van der Waals surface area contributed by atoms with Gasteiger partial charge in [-0.25, -0.2) is 0 Å². The summed E-state index contributed by atoms with van der Waals surface area (Å²) in [6, 6.07) is 0.761. The van der Waals surface area contributed by atoms with Crippen molar-refractivity contribution in [2.24, 2.45) is 5.73 Å². The maximum Gasteiger partial charge on any atom is 0.0695 e. The number of hydrogen-bond donors (Lipinski definition) is 2. The third-order valence-corrected chi connectivity index (χ3v) is 3.17. The Morgan fingerprint density at radius 2 is 2.08 bits per heavy atom. The zero-order valence-electron chi connectivity index (χ0n) is 7.45. The van der Waals surface area contributed by atoms with Gasteiger partial charge in [-0.05, 0) is 25.7 Å².